The average molecular weight is 868 g/mol. The number of nitriles is 1. The van der Waals surface area contributed by atoms with Gasteiger partial charge < -0.3 is 28.2 Å². The lowest BCUT2D eigenvalue weighted by Crippen LogP contribution is -2.45. The van der Waals surface area contributed by atoms with Crippen LogP contribution in [-0.2, 0) is 25.9 Å². The van der Waals surface area contributed by atoms with Crippen molar-refractivity contribution in [2.45, 2.75) is 69.3 Å². The first kappa shape index (κ1) is 44.8. The first-order chi connectivity index (χ1) is 30.2. The molecule has 0 bridgehead atoms. The van der Waals surface area contributed by atoms with Gasteiger partial charge in [-0.2, -0.15) is 9.83 Å². The number of hydrogen-bond donors (Lipinski definition) is 0. The van der Waals surface area contributed by atoms with Gasteiger partial charge in [-0.15, -0.1) is 0 Å². The molecule has 2 atom stereocenters. The summed E-state index contributed by atoms with van der Waals surface area (Å²) in [6, 6.07) is 48.2. The van der Waals surface area contributed by atoms with E-state index in [9.17, 15) is 5.26 Å². The zero-order valence-corrected chi connectivity index (χ0v) is 38.3. The van der Waals surface area contributed by atoms with Crippen molar-refractivity contribution in [3.05, 3.63) is 167 Å². The molecule has 0 aliphatic carbocycles. The minimum Gasteiger partial charge on any atom is -0.497 e. The van der Waals surface area contributed by atoms with E-state index in [-0.39, 0.29) is 31.7 Å². The zero-order valence-electron chi connectivity index (χ0n) is 36.6. The number of benzene rings is 5. The Morgan fingerprint density at radius 2 is 1.37 bits per heavy atom. The molecule has 62 heavy (non-hydrogen) atoms. The van der Waals surface area contributed by atoms with E-state index < -0.39 is 20.2 Å². The lowest BCUT2D eigenvalue weighted by molar-refractivity contribution is -0.678. The Hall–Kier alpha value is -5.24. The summed E-state index contributed by atoms with van der Waals surface area (Å²) in [5, 5.41) is 11.8. The van der Waals surface area contributed by atoms with Crippen LogP contribution in [0.3, 0.4) is 0 Å². The molecule has 0 amide bonds. The predicted octanol–water partition coefficient (Wildman–Crippen LogP) is 11.4. The van der Waals surface area contributed by atoms with Crippen molar-refractivity contribution in [1.82, 2.24) is 4.67 Å². The predicted molar refractivity (Wildman–Crippen MR) is 251 cm³/mol. The van der Waals surface area contributed by atoms with Crippen molar-refractivity contribution < 1.29 is 27.8 Å². The topological polar surface area (TPSA) is 80.3 Å². The van der Waals surface area contributed by atoms with E-state index in [0.29, 0.717) is 6.54 Å². The van der Waals surface area contributed by atoms with E-state index in [1.807, 2.05) is 42.5 Å². The maximum Gasteiger partial charge on any atom is 0.259 e. The van der Waals surface area contributed by atoms with Gasteiger partial charge in [-0.1, -0.05) is 90.6 Å². The number of aromatic nitrogens is 1. The Morgan fingerprint density at radius 1 is 0.774 bits per heavy atom. The molecule has 0 saturated heterocycles. The van der Waals surface area contributed by atoms with Crippen LogP contribution in [0.15, 0.2) is 150 Å². The first-order valence-electron chi connectivity index (χ1n) is 21.0. The normalized spacial score (nSPS) is 14.4. The summed E-state index contributed by atoms with van der Waals surface area (Å²) in [6.07, 6.45) is 4.18. The Morgan fingerprint density at radius 3 is 1.98 bits per heavy atom. The third-order valence-electron chi connectivity index (χ3n) is 11.0. The highest BCUT2D eigenvalue weighted by atomic mass is 32.2. The summed E-state index contributed by atoms with van der Waals surface area (Å²) in [7, 11) is 3.85. The molecule has 1 unspecified atom stereocenters. The second-order valence-electron chi connectivity index (χ2n) is 15.6. The molecule has 0 fully saturated rings. The fourth-order valence-corrected chi connectivity index (χ4v) is 10.8. The van der Waals surface area contributed by atoms with E-state index in [4.69, 9.17) is 23.3 Å². The van der Waals surface area contributed by atoms with Crippen molar-refractivity contribution in [3.63, 3.8) is 0 Å². The second kappa shape index (κ2) is 20.8. The standard InChI is InChI=1S/C51H56N4O5PS/c1-37(2)55(38(3)4)61(59-33-15-31-52)60-45(35-54-32-30-39(46-18-11-12-19-47(46)54)34-50-53(5)48-20-13-14-21-49(48)62-50)36-58-51(40-16-9-8-10-17-40,41-22-26-43(56-6)27-23-41)42-24-28-44(57-7)29-25-42/h8-14,16-30,32,34,37-38,45H,15,33,35-36H2,1-7H3/q+1/t45-,61?/m1/s1. The molecule has 320 valence electrons. The van der Waals surface area contributed by atoms with Gasteiger partial charge in [0.1, 0.15) is 23.2 Å². The molecule has 0 radical (unpaired) electrons. The van der Waals surface area contributed by atoms with Crippen LogP contribution < -0.4 is 18.9 Å². The van der Waals surface area contributed by atoms with E-state index in [1.165, 1.54) is 15.6 Å². The fourth-order valence-electron chi connectivity index (χ4n) is 8.02. The first-order valence-corrected chi connectivity index (χ1v) is 23.0. The summed E-state index contributed by atoms with van der Waals surface area (Å²) in [5.74, 6) is 1.50. The Bertz CT molecular complexity index is 2420. The Balaban J connectivity index is 1.33. The van der Waals surface area contributed by atoms with Crippen LogP contribution in [0, 0.1) is 11.3 Å². The molecule has 1 aliphatic rings. The van der Waals surface area contributed by atoms with Gasteiger partial charge in [0.2, 0.25) is 5.52 Å². The van der Waals surface area contributed by atoms with Gasteiger partial charge in [0, 0.05) is 36.2 Å². The fraction of sp³-hybridized carbons (Fsp3) is 0.294. The molecule has 9 nitrogen and oxygen atoms in total. The Labute approximate surface area is 372 Å². The summed E-state index contributed by atoms with van der Waals surface area (Å²) >= 11 is 1.79. The highest BCUT2D eigenvalue weighted by Crippen LogP contribution is 2.49. The second-order valence-corrected chi connectivity index (χ2v) is 18.1. The number of thioether (sulfide) groups is 1. The molecule has 0 saturated carbocycles. The molecule has 7 rings (SSSR count). The molecule has 0 spiro atoms. The van der Waals surface area contributed by atoms with Crippen LogP contribution >= 0.6 is 20.3 Å². The summed E-state index contributed by atoms with van der Waals surface area (Å²) in [4.78, 5) is 3.50. The van der Waals surface area contributed by atoms with E-state index in [2.05, 4.69) is 158 Å². The van der Waals surface area contributed by atoms with Crippen LogP contribution in [0.5, 0.6) is 11.5 Å². The molecule has 1 aliphatic heterocycles. The number of anilines is 1. The van der Waals surface area contributed by atoms with Crippen molar-refractivity contribution in [2.75, 3.05) is 39.4 Å². The number of para-hydroxylation sites is 2. The van der Waals surface area contributed by atoms with Crippen LogP contribution in [0.1, 0.15) is 56.4 Å². The van der Waals surface area contributed by atoms with Gasteiger partial charge in [0.15, 0.2) is 12.7 Å². The third kappa shape index (κ3) is 9.85. The minimum atomic E-state index is -1.62. The number of rotatable bonds is 19. The highest BCUT2D eigenvalue weighted by Gasteiger charge is 2.40. The smallest absolute Gasteiger partial charge is 0.259 e. The zero-order chi connectivity index (χ0) is 43.6. The molecule has 11 heteroatoms. The molecule has 5 aromatic carbocycles. The SMILES string of the molecule is COc1ccc(C(OC[C@@H](C[n+]2ccc(/C=C3\Sc4ccccc4N3C)c3ccccc32)OP(OCCC#N)N(C(C)C)C(C)C)(c2ccccc2)c2ccc(OC)cc2)cc1. The van der Waals surface area contributed by atoms with Gasteiger partial charge in [-0.3, -0.25) is 0 Å². The van der Waals surface area contributed by atoms with Gasteiger partial charge in [0.25, 0.3) is 8.53 Å². The average Bonchev–Trinajstić information content (AvgIpc) is 3.61. The largest absolute Gasteiger partial charge is 0.497 e. The van der Waals surface area contributed by atoms with Crippen molar-refractivity contribution in [3.8, 4) is 17.6 Å². The monoisotopic (exact) mass is 867 g/mol. The summed E-state index contributed by atoms with van der Waals surface area (Å²) in [6.45, 7) is 9.51. The lowest BCUT2D eigenvalue weighted by Gasteiger charge is -2.39. The third-order valence-corrected chi connectivity index (χ3v) is 14.3. The van der Waals surface area contributed by atoms with Crippen molar-refractivity contribution in [2.24, 2.45) is 0 Å². The van der Waals surface area contributed by atoms with Gasteiger partial charge >= 0.3 is 0 Å². The summed E-state index contributed by atoms with van der Waals surface area (Å²) in [5.41, 5.74) is 5.16. The van der Waals surface area contributed by atoms with Crippen LogP contribution in [0.4, 0.5) is 5.69 Å². The lowest BCUT2D eigenvalue weighted by atomic mass is 9.80. The van der Waals surface area contributed by atoms with E-state index >= 15 is 0 Å². The molecule has 2 heterocycles. The number of methoxy groups -OCH3 is 2. The van der Waals surface area contributed by atoms with Crippen molar-refractivity contribution >= 4 is 43.0 Å². The van der Waals surface area contributed by atoms with E-state index in [1.54, 1.807) is 26.0 Å². The number of fused-ring (bicyclic) bond motifs is 2. The molecule has 0 N–H and O–H groups in total. The molecular weight excluding hydrogens is 812 g/mol. The van der Waals surface area contributed by atoms with Crippen LogP contribution in [0.2, 0.25) is 0 Å². The van der Waals surface area contributed by atoms with Crippen LogP contribution in [-0.4, -0.2) is 57.3 Å². The molecule has 1 aromatic heterocycles. The number of hydrogen-bond acceptors (Lipinski definition) is 9. The number of pyridine rings is 1. The molecular formula is C51H56N4O5PS+. The maximum absolute atomic E-state index is 9.53. The number of ether oxygens (including phenoxy) is 3. The highest BCUT2D eigenvalue weighted by molar-refractivity contribution is 8.03. The van der Waals surface area contributed by atoms with Crippen molar-refractivity contribution in [1.29, 1.82) is 5.26 Å². The van der Waals surface area contributed by atoms with Gasteiger partial charge in [0.05, 0.1) is 56.0 Å². The van der Waals surface area contributed by atoms with Crippen LogP contribution in [0.25, 0.3) is 17.0 Å². The minimum absolute atomic E-state index is 0.116. The van der Waals surface area contributed by atoms with Gasteiger partial charge in [-0.05, 0) is 98.5 Å². The number of nitrogens with zero attached hydrogens (tertiary/aromatic N) is 4. The maximum atomic E-state index is 9.53. The molecule has 6 aromatic rings. The van der Waals surface area contributed by atoms with Gasteiger partial charge in [-0.25, -0.2) is 4.67 Å². The quantitative estimate of drug-likeness (QED) is 0.0342. The Kier molecular flexibility index (Phi) is 15.0. The van der Waals surface area contributed by atoms with E-state index in [0.717, 1.165) is 44.7 Å². The summed E-state index contributed by atoms with van der Waals surface area (Å²) < 4.78 is 37.0.